The van der Waals surface area contributed by atoms with Gasteiger partial charge >= 0.3 is 0 Å². The summed E-state index contributed by atoms with van der Waals surface area (Å²) in [5.74, 6) is -0.254. The Kier molecular flexibility index (Phi) is 39.9. The summed E-state index contributed by atoms with van der Waals surface area (Å²) in [6.45, 7) is 3.59. The van der Waals surface area contributed by atoms with Crippen molar-refractivity contribution in [2.45, 2.75) is 307 Å². The molecule has 0 aromatic rings. The van der Waals surface area contributed by atoms with Crippen LogP contribution in [0.3, 0.4) is 0 Å². The Labute approximate surface area is 375 Å². The van der Waals surface area contributed by atoms with E-state index in [2.05, 4.69) is 19.2 Å². The van der Waals surface area contributed by atoms with Crippen LogP contribution < -0.4 is 5.32 Å². The van der Waals surface area contributed by atoms with Crippen LogP contribution in [-0.2, 0) is 14.3 Å². The number of hydrogen-bond acceptors (Lipinski definition) is 9. The molecule has 364 valence electrons. The van der Waals surface area contributed by atoms with Gasteiger partial charge in [0.15, 0.2) is 6.29 Å². The number of hydrogen-bond donors (Lipinski definition) is 7. The van der Waals surface area contributed by atoms with Gasteiger partial charge in [0.05, 0.1) is 25.4 Å². The minimum Gasteiger partial charge on any atom is -0.394 e. The molecule has 0 radical (unpaired) electrons. The molecule has 7 N–H and O–H groups in total. The molecule has 0 bridgehead atoms. The second-order valence-electron chi connectivity index (χ2n) is 18.8. The molecule has 0 spiro atoms. The molecule has 1 fully saturated rings. The van der Waals surface area contributed by atoms with E-state index in [0.29, 0.717) is 6.42 Å². The molecule has 0 aliphatic carbocycles. The number of aliphatic hydroxyl groups excluding tert-OH is 6. The molecule has 0 aromatic carbocycles. The Morgan fingerprint density at radius 2 is 0.852 bits per heavy atom. The first-order chi connectivity index (χ1) is 29.8. The fourth-order valence-electron chi connectivity index (χ4n) is 8.79. The van der Waals surface area contributed by atoms with Crippen LogP contribution in [0.1, 0.15) is 258 Å². The van der Waals surface area contributed by atoms with Gasteiger partial charge in [-0.25, -0.2) is 0 Å². The number of carbonyl (C=O) groups is 1. The predicted molar refractivity (Wildman–Crippen MR) is 250 cm³/mol. The molecule has 10 nitrogen and oxygen atoms in total. The summed E-state index contributed by atoms with van der Waals surface area (Å²) in [5, 5.41) is 65.0. The summed E-state index contributed by atoms with van der Waals surface area (Å²) in [4.78, 5) is 13.0. The highest BCUT2D eigenvalue weighted by Crippen LogP contribution is 2.23. The zero-order chi connectivity index (χ0) is 44.6. The predicted octanol–water partition coefficient (Wildman–Crippen LogP) is 10.9. The maximum Gasteiger partial charge on any atom is 0.220 e. The summed E-state index contributed by atoms with van der Waals surface area (Å²) in [5.41, 5.74) is 0. The fraction of sp³-hybridized carbons (Fsp3) is 0.980. The highest BCUT2D eigenvalue weighted by atomic mass is 16.7. The fourth-order valence-corrected chi connectivity index (χ4v) is 8.79. The van der Waals surface area contributed by atoms with Gasteiger partial charge in [0.25, 0.3) is 0 Å². The van der Waals surface area contributed by atoms with Gasteiger partial charge in [-0.3, -0.25) is 4.79 Å². The first-order valence-electron chi connectivity index (χ1n) is 26.3. The van der Waals surface area contributed by atoms with Crippen LogP contribution in [-0.4, -0.2) is 98.7 Å². The minimum absolute atomic E-state index is 0.254. The van der Waals surface area contributed by atoms with Gasteiger partial charge in [0, 0.05) is 6.42 Å². The minimum atomic E-state index is -1.60. The van der Waals surface area contributed by atoms with Crippen molar-refractivity contribution in [3.05, 3.63) is 0 Å². The lowest BCUT2D eigenvalue weighted by molar-refractivity contribution is -0.303. The molecule has 1 aliphatic heterocycles. The molecule has 0 saturated carbocycles. The lowest BCUT2D eigenvalue weighted by atomic mass is 9.98. The average Bonchev–Trinajstić information content (AvgIpc) is 3.26. The topological polar surface area (TPSA) is 169 Å². The number of unbranched alkanes of at least 4 members (excludes halogenated alkanes) is 34. The van der Waals surface area contributed by atoms with Gasteiger partial charge in [0.2, 0.25) is 5.91 Å². The molecule has 0 aromatic heterocycles. The summed E-state index contributed by atoms with van der Waals surface area (Å²) in [7, 11) is 0. The standard InChI is InChI=1S/C51H101NO9/c1-3-5-7-9-11-13-14-15-16-17-18-19-20-21-22-23-24-25-26-27-28-29-30-31-32-34-36-38-40-46(55)52-43(42-60-51-50(59)49(58)48(57)45(41-53)61-51)47(56)44(54)39-37-35-33-12-10-8-6-4-2/h43-45,47-51,53-54,56-59H,3-42H2,1-2H3,(H,52,55)/t43-,44+,45+,47-,48-,49?,50?,51+/m0/s1. The van der Waals surface area contributed by atoms with Crippen LogP contribution in [0.15, 0.2) is 0 Å². The van der Waals surface area contributed by atoms with E-state index in [1.165, 1.54) is 186 Å². The second kappa shape index (κ2) is 41.8. The van der Waals surface area contributed by atoms with Crippen molar-refractivity contribution in [1.29, 1.82) is 0 Å². The molecule has 1 heterocycles. The van der Waals surface area contributed by atoms with Crippen LogP contribution in [0.5, 0.6) is 0 Å². The lowest BCUT2D eigenvalue weighted by Crippen LogP contribution is -2.60. The van der Waals surface area contributed by atoms with E-state index in [1.807, 2.05) is 0 Å². The van der Waals surface area contributed by atoms with Gasteiger partial charge in [-0.15, -0.1) is 0 Å². The summed E-state index contributed by atoms with van der Waals surface area (Å²) < 4.78 is 11.1. The van der Waals surface area contributed by atoms with Gasteiger partial charge in [0.1, 0.15) is 30.5 Å². The highest BCUT2D eigenvalue weighted by Gasteiger charge is 2.44. The average molecular weight is 872 g/mol. The first-order valence-corrected chi connectivity index (χ1v) is 26.3. The molecule has 1 rings (SSSR count). The van der Waals surface area contributed by atoms with E-state index < -0.39 is 55.6 Å². The van der Waals surface area contributed by atoms with Crippen molar-refractivity contribution in [3.8, 4) is 0 Å². The van der Waals surface area contributed by atoms with E-state index in [1.54, 1.807) is 0 Å². The molecule has 8 atom stereocenters. The first kappa shape index (κ1) is 58.2. The van der Waals surface area contributed by atoms with Gasteiger partial charge in [-0.1, -0.05) is 239 Å². The molecular weight excluding hydrogens is 771 g/mol. The summed E-state index contributed by atoms with van der Waals surface area (Å²) in [6, 6.07) is -0.984. The van der Waals surface area contributed by atoms with Crippen LogP contribution in [0.2, 0.25) is 0 Å². The maximum absolute atomic E-state index is 13.0. The van der Waals surface area contributed by atoms with E-state index >= 15 is 0 Å². The smallest absolute Gasteiger partial charge is 0.220 e. The Morgan fingerprint density at radius 3 is 1.21 bits per heavy atom. The van der Waals surface area contributed by atoms with Crippen LogP contribution in [0.4, 0.5) is 0 Å². The SMILES string of the molecule is CCCCCCCCCCCCCCCCCCCCCCCCCCCCCCC(=O)N[C@@H](CO[C@@H]1O[C@H](CO)[C@H](O)C(O)C1O)[C@H](O)[C@H](O)CCCCCCCCCC. The van der Waals surface area contributed by atoms with E-state index in [0.717, 1.165) is 44.9 Å². The van der Waals surface area contributed by atoms with Crippen molar-refractivity contribution in [2.24, 2.45) is 0 Å². The van der Waals surface area contributed by atoms with Gasteiger partial charge < -0.3 is 45.4 Å². The Balaban J connectivity index is 2.14. The van der Waals surface area contributed by atoms with Crippen molar-refractivity contribution < 1.29 is 44.9 Å². The Hall–Kier alpha value is -0.850. The van der Waals surface area contributed by atoms with Gasteiger partial charge in [-0.05, 0) is 12.8 Å². The van der Waals surface area contributed by atoms with Crippen molar-refractivity contribution in [2.75, 3.05) is 13.2 Å². The van der Waals surface area contributed by atoms with Crippen molar-refractivity contribution in [3.63, 3.8) is 0 Å². The van der Waals surface area contributed by atoms with Crippen LogP contribution in [0, 0.1) is 0 Å². The van der Waals surface area contributed by atoms with Crippen molar-refractivity contribution >= 4 is 5.91 Å². The molecular formula is C51H101NO9. The molecule has 2 unspecified atom stereocenters. The van der Waals surface area contributed by atoms with E-state index in [4.69, 9.17) is 9.47 Å². The lowest BCUT2D eigenvalue weighted by Gasteiger charge is -2.40. The second-order valence-corrected chi connectivity index (χ2v) is 18.8. The quantitative estimate of drug-likeness (QED) is 0.0295. The zero-order valence-corrected chi connectivity index (χ0v) is 39.8. The Bertz CT molecular complexity index is 942. The number of nitrogens with one attached hydrogen (secondary N) is 1. The van der Waals surface area contributed by atoms with Crippen LogP contribution in [0.25, 0.3) is 0 Å². The largest absolute Gasteiger partial charge is 0.394 e. The molecule has 61 heavy (non-hydrogen) atoms. The Morgan fingerprint density at radius 1 is 0.508 bits per heavy atom. The molecule has 1 aliphatic rings. The molecule has 1 amide bonds. The van der Waals surface area contributed by atoms with Crippen LogP contribution >= 0.6 is 0 Å². The summed E-state index contributed by atoms with van der Waals surface area (Å²) in [6.07, 6.45) is 37.3. The zero-order valence-electron chi connectivity index (χ0n) is 39.8. The van der Waals surface area contributed by atoms with E-state index in [9.17, 15) is 35.4 Å². The molecule has 10 heteroatoms. The maximum atomic E-state index is 13.0. The normalized spacial score (nSPS) is 20.8. The summed E-state index contributed by atoms with van der Waals surface area (Å²) >= 11 is 0. The third-order valence-corrected chi connectivity index (χ3v) is 13.1. The third kappa shape index (κ3) is 31.6. The monoisotopic (exact) mass is 872 g/mol. The third-order valence-electron chi connectivity index (χ3n) is 13.1. The number of rotatable bonds is 45. The number of carbonyl (C=O) groups excluding carboxylic acids is 1. The number of amides is 1. The number of ether oxygens (including phenoxy) is 2. The number of aliphatic hydroxyl groups is 6. The highest BCUT2D eigenvalue weighted by molar-refractivity contribution is 5.76. The van der Waals surface area contributed by atoms with Crippen molar-refractivity contribution in [1.82, 2.24) is 5.32 Å². The van der Waals surface area contributed by atoms with Gasteiger partial charge in [-0.2, -0.15) is 0 Å². The van der Waals surface area contributed by atoms with E-state index in [-0.39, 0.29) is 18.9 Å². The molecule has 1 saturated heterocycles.